The summed E-state index contributed by atoms with van der Waals surface area (Å²) in [5.41, 5.74) is 0.807. The van der Waals surface area contributed by atoms with E-state index in [9.17, 15) is 4.79 Å². The van der Waals surface area contributed by atoms with Crippen molar-refractivity contribution in [2.75, 3.05) is 0 Å². The lowest BCUT2D eigenvalue weighted by Crippen LogP contribution is -2.04. The molecule has 0 spiro atoms. The number of hydrogen-bond acceptors (Lipinski definition) is 5. The summed E-state index contributed by atoms with van der Waals surface area (Å²) in [4.78, 5) is 23.6. The summed E-state index contributed by atoms with van der Waals surface area (Å²) in [6.07, 6.45) is 2.76. The van der Waals surface area contributed by atoms with Crippen LogP contribution in [-0.4, -0.2) is 26.0 Å². The van der Waals surface area contributed by atoms with Gasteiger partial charge in [-0.2, -0.15) is 4.98 Å². The average Bonchev–Trinajstić information content (AvgIpc) is 2.38. The second kappa shape index (κ2) is 5.64. The Kier molecular flexibility index (Phi) is 3.93. The van der Waals surface area contributed by atoms with Gasteiger partial charge in [-0.3, -0.25) is 4.98 Å². The van der Waals surface area contributed by atoms with Gasteiger partial charge in [-0.1, -0.05) is 13.8 Å². The molecule has 0 saturated carbocycles. The number of pyridine rings is 1. The molecular weight excluding hydrogens is 258 g/mol. The van der Waals surface area contributed by atoms with Crippen LogP contribution in [-0.2, 0) is 0 Å². The molecule has 0 aromatic carbocycles. The predicted octanol–water partition coefficient (Wildman–Crippen LogP) is 2.79. The van der Waals surface area contributed by atoms with Crippen molar-refractivity contribution in [3.05, 3.63) is 41.6 Å². The molecule has 0 unspecified atom stereocenters. The maximum atomic E-state index is 11.1. The Labute approximate surface area is 116 Å². The fourth-order valence-corrected chi connectivity index (χ4v) is 1.62. The van der Waals surface area contributed by atoms with E-state index in [1.807, 2.05) is 20.8 Å². The van der Waals surface area contributed by atoms with Crippen molar-refractivity contribution < 1.29 is 14.6 Å². The molecule has 2 rings (SSSR count). The first-order chi connectivity index (χ1) is 9.47. The van der Waals surface area contributed by atoms with Gasteiger partial charge in [-0.25, -0.2) is 9.78 Å². The lowest BCUT2D eigenvalue weighted by Gasteiger charge is -2.10. The van der Waals surface area contributed by atoms with Crippen molar-refractivity contribution in [3.63, 3.8) is 0 Å². The van der Waals surface area contributed by atoms with Crippen LogP contribution in [0.3, 0.4) is 0 Å². The minimum atomic E-state index is -1.07. The highest BCUT2D eigenvalue weighted by Gasteiger charge is 2.14. The lowest BCUT2D eigenvalue weighted by molar-refractivity contribution is 0.0694. The summed E-state index contributed by atoms with van der Waals surface area (Å²) < 4.78 is 5.55. The average molecular weight is 273 g/mol. The molecule has 0 aliphatic rings. The Morgan fingerprint density at radius 2 is 2.10 bits per heavy atom. The Morgan fingerprint density at radius 1 is 1.35 bits per heavy atom. The molecule has 0 bridgehead atoms. The number of rotatable bonds is 4. The number of carboxylic acid groups (broad SMARTS) is 1. The molecule has 2 aromatic heterocycles. The lowest BCUT2D eigenvalue weighted by atomic mass is 10.2. The van der Waals surface area contributed by atoms with Gasteiger partial charge in [-0.15, -0.1) is 0 Å². The Morgan fingerprint density at radius 3 is 2.75 bits per heavy atom. The van der Waals surface area contributed by atoms with Crippen LogP contribution in [0.15, 0.2) is 24.5 Å². The van der Waals surface area contributed by atoms with Gasteiger partial charge >= 0.3 is 5.97 Å². The van der Waals surface area contributed by atoms with E-state index in [0.717, 1.165) is 5.69 Å². The summed E-state index contributed by atoms with van der Waals surface area (Å²) in [7, 11) is 0. The molecule has 0 radical (unpaired) electrons. The highest BCUT2D eigenvalue weighted by molar-refractivity contribution is 5.90. The SMILES string of the molecule is Cc1cc(Oc2cnccc2C(=O)O)nc(C(C)C)n1. The summed E-state index contributed by atoms with van der Waals surface area (Å²) in [5.74, 6) is 0.215. The van der Waals surface area contributed by atoms with Crippen molar-refractivity contribution in [2.24, 2.45) is 0 Å². The number of nitrogens with zero attached hydrogens (tertiary/aromatic N) is 3. The van der Waals surface area contributed by atoms with Crippen molar-refractivity contribution in [1.29, 1.82) is 0 Å². The number of carbonyl (C=O) groups is 1. The number of aromatic carboxylic acids is 1. The second-order valence-electron chi connectivity index (χ2n) is 4.64. The van der Waals surface area contributed by atoms with E-state index >= 15 is 0 Å². The summed E-state index contributed by atoms with van der Waals surface area (Å²) in [6, 6.07) is 3.04. The maximum Gasteiger partial charge on any atom is 0.339 e. The van der Waals surface area contributed by atoms with E-state index in [1.54, 1.807) is 6.07 Å². The summed E-state index contributed by atoms with van der Waals surface area (Å²) >= 11 is 0. The third-order valence-electron chi connectivity index (χ3n) is 2.59. The molecule has 0 aliphatic carbocycles. The Hall–Kier alpha value is -2.50. The van der Waals surface area contributed by atoms with Gasteiger partial charge in [0, 0.05) is 23.9 Å². The van der Waals surface area contributed by atoms with Crippen LogP contribution in [0.25, 0.3) is 0 Å². The molecule has 1 N–H and O–H groups in total. The zero-order valence-electron chi connectivity index (χ0n) is 11.5. The Bertz CT molecular complexity index is 641. The smallest absolute Gasteiger partial charge is 0.339 e. The quantitative estimate of drug-likeness (QED) is 0.921. The molecule has 0 amide bonds. The normalized spacial score (nSPS) is 10.6. The minimum Gasteiger partial charge on any atom is -0.478 e. The Balaban J connectivity index is 2.38. The van der Waals surface area contributed by atoms with Gasteiger partial charge in [0.05, 0.1) is 6.20 Å². The van der Waals surface area contributed by atoms with Crippen LogP contribution in [0.4, 0.5) is 0 Å². The van der Waals surface area contributed by atoms with Crippen molar-refractivity contribution in [1.82, 2.24) is 15.0 Å². The van der Waals surface area contributed by atoms with Gasteiger partial charge in [0.15, 0.2) is 5.75 Å². The number of aryl methyl sites for hydroxylation is 1. The molecule has 20 heavy (non-hydrogen) atoms. The summed E-state index contributed by atoms with van der Waals surface area (Å²) in [6.45, 7) is 5.79. The number of ether oxygens (including phenoxy) is 1. The first-order valence-corrected chi connectivity index (χ1v) is 6.18. The number of aromatic nitrogens is 3. The standard InChI is InChI=1S/C14H15N3O3/c1-8(2)13-16-9(3)6-12(17-13)20-11-7-15-5-4-10(11)14(18)19/h4-8H,1-3H3,(H,18,19). The second-order valence-corrected chi connectivity index (χ2v) is 4.64. The topological polar surface area (TPSA) is 85.2 Å². The van der Waals surface area contributed by atoms with Crippen LogP contribution in [0.2, 0.25) is 0 Å². The van der Waals surface area contributed by atoms with E-state index in [2.05, 4.69) is 15.0 Å². The highest BCUT2D eigenvalue weighted by Crippen LogP contribution is 2.24. The van der Waals surface area contributed by atoms with Crippen LogP contribution in [0.5, 0.6) is 11.6 Å². The fraction of sp³-hybridized carbons (Fsp3) is 0.286. The third kappa shape index (κ3) is 3.09. The van der Waals surface area contributed by atoms with Crippen molar-refractivity contribution >= 4 is 5.97 Å². The predicted molar refractivity (Wildman–Crippen MR) is 72.1 cm³/mol. The van der Waals surface area contributed by atoms with Crippen molar-refractivity contribution in [2.45, 2.75) is 26.7 Å². The van der Waals surface area contributed by atoms with E-state index in [0.29, 0.717) is 11.7 Å². The molecule has 104 valence electrons. The molecule has 2 heterocycles. The fourth-order valence-electron chi connectivity index (χ4n) is 1.62. The van der Waals surface area contributed by atoms with Gasteiger partial charge in [0.2, 0.25) is 5.88 Å². The van der Waals surface area contributed by atoms with E-state index < -0.39 is 5.97 Å². The molecule has 2 aromatic rings. The third-order valence-corrected chi connectivity index (χ3v) is 2.59. The minimum absolute atomic E-state index is 0.0439. The molecule has 6 nitrogen and oxygen atoms in total. The zero-order chi connectivity index (χ0) is 14.7. The molecule has 0 fully saturated rings. The molecule has 0 aliphatic heterocycles. The van der Waals surface area contributed by atoms with E-state index in [4.69, 9.17) is 9.84 Å². The van der Waals surface area contributed by atoms with E-state index in [-0.39, 0.29) is 17.2 Å². The van der Waals surface area contributed by atoms with Crippen LogP contribution >= 0.6 is 0 Å². The molecule has 0 atom stereocenters. The van der Waals surface area contributed by atoms with Gasteiger partial charge < -0.3 is 9.84 Å². The van der Waals surface area contributed by atoms with Gasteiger partial charge in [0.1, 0.15) is 11.4 Å². The van der Waals surface area contributed by atoms with Crippen molar-refractivity contribution in [3.8, 4) is 11.6 Å². The maximum absolute atomic E-state index is 11.1. The monoisotopic (exact) mass is 273 g/mol. The molecular formula is C14H15N3O3. The largest absolute Gasteiger partial charge is 0.478 e. The van der Waals surface area contributed by atoms with Crippen LogP contribution < -0.4 is 4.74 Å². The number of carboxylic acids is 1. The van der Waals surface area contributed by atoms with E-state index in [1.165, 1.54) is 18.5 Å². The first-order valence-electron chi connectivity index (χ1n) is 6.18. The molecule has 0 saturated heterocycles. The summed E-state index contributed by atoms with van der Waals surface area (Å²) in [5, 5.41) is 9.10. The highest BCUT2D eigenvalue weighted by atomic mass is 16.5. The number of hydrogen-bond donors (Lipinski definition) is 1. The molecule has 6 heteroatoms. The zero-order valence-corrected chi connectivity index (χ0v) is 11.5. The first kappa shape index (κ1) is 13.9. The van der Waals surface area contributed by atoms with Gasteiger partial charge in [0.25, 0.3) is 0 Å². The van der Waals surface area contributed by atoms with Gasteiger partial charge in [-0.05, 0) is 13.0 Å². The van der Waals surface area contributed by atoms with Crippen LogP contribution in [0.1, 0.15) is 41.6 Å². The van der Waals surface area contributed by atoms with Crippen LogP contribution in [0, 0.1) is 6.92 Å².